The molecule has 8 nitrogen and oxygen atoms in total. The van der Waals surface area contributed by atoms with Crippen LogP contribution in [0.2, 0.25) is 5.02 Å². The van der Waals surface area contributed by atoms with Crippen LogP contribution in [-0.2, 0) is 11.3 Å². The Bertz CT molecular complexity index is 1310. The number of nitrogens with zero attached hydrogens (tertiary/aromatic N) is 2. The summed E-state index contributed by atoms with van der Waals surface area (Å²) in [5, 5.41) is 15.4. The lowest BCUT2D eigenvalue weighted by Gasteiger charge is -2.40. The second-order valence-electron chi connectivity index (χ2n) is 10.9. The number of para-hydroxylation sites is 1. The van der Waals surface area contributed by atoms with E-state index < -0.39 is 5.60 Å². The van der Waals surface area contributed by atoms with Crippen molar-refractivity contribution in [1.82, 2.24) is 9.80 Å². The van der Waals surface area contributed by atoms with E-state index in [1.54, 1.807) is 11.9 Å². The first-order valence-electron chi connectivity index (χ1n) is 13.7. The summed E-state index contributed by atoms with van der Waals surface area (Å²) < 4.78 is 12.5. The summed E-state index contributed by atoms with van der Waals surface area (Å²) in [5.41, 5.74) is 0.427. The molecule has 2 aromatic carbocycles. The van der Waals surface area contributed by atoms with E-state index in [1.807, 2.05) is 81.1 Å². The maximum absolute atomic E-state index is 14.1. The van der Waals surface area contributed by atoms with Crippen LogP contribution in [0.25, 0.3) is 10.1 Å². The molecule has 3 aromatic rings. The van der Waals surface area contributed by atoms with E-state index in [1.165, 1.54) is 11.3 Å². The monoisotopic (exact) mass is 601 g/mol. The number of amides is 2. The van der Waals surface area contributed by atoms with E-state index in [4.69, 9.17) is 31.1 Å². The molecule has 41 heavy (non-hydrogen) atoms. The third-order valence-corrected chi connectivity index (χ3v) is 8.60. The van der Waals surface area contributed by atoms with Crippen molar-refractivity contribution in [3.8, 4) is 5.75 Å². The molecule has 11 heteroatoms. The molecule has 1 fully saturated rings. The summed E-state index contributed by atoms with van der Waals surface area (Å²) in [7, 11) is 1.80. The Morgan fingerprint density at radius 1 is 1.02 bits per heavy atom. The van der Waals surface area contributed by atoms with Crippen LogP contribution in [0.4, 0.5) is 4.79 Å². The second-order valence-corrected chi connectivity index (χ2v) is 12.3. The van der Waals surface area contributed by atoms with Gasteiger partial charge < -0.3 is 29.3 Å². The molecule has 0 aliphatic heterocycles. The summed E-state index contributed by atoms with van der Waals surface area (Å²) in [6, 6.07) is 15.8. The lowest BCUT2D eigenvalue weighted by Crippen LogP contribution is -2.47. The lowest BCUT2D eigenvalue weighted by atomic mass is 9.89. The number of carbonyl (C=O) groups is 2. The van der Waals surface area contributed by atoms with Crippen LogP contribution in [-0.4, -0.2) is 70.9 Å². The van der Waals surface area contributed by atoms with E-state index in [0.717, 1.165) is 47.1 Å². The number of halogens is 1. The van der Waals surface area contributed by atoms with Crippen molar-refractivity contribution in [3.05, 3.63) is 64.0 Å². The maximum Gasteiger partial charge on any atom is 0.482 e. The number of rotatable bonds is 7. The van der Waals surface area contributed by atoms with E-state index in [9.17, 15) is 9.59 Å². The van der Waals surface area contributed by atoms with Crippen molar-refractivity contribution < 1.29 is 29.1 Å². The number of ether oxygens (including phenoxy) is 2. The Kier molecular flexibility index (Phi) is 11.9. The van der Waals surface area contributed by atoms with Gasteiger partial charge in [-0.2, -0.15) is 0 Å². The molecule has 1 aromatic heterocycles. The van der Waals surface area contributed by atoms with Crippen molar-refractivity contribution in [2.45, 2.75) is 77.6 Å². The van der Waals surface area contributed by atoms with E-state index in [-0.39, 0.29) is 31.8 Å². The summed E-state index contributed by atoms with van der Waals surface area (Å²) >= 11 is 8.19. The van der Waals surface area contributed by atoms with E-state index in [2.05, 4.69) is 0 Å². The number of fused-ring (bicyclic) bond motifs is 1. The quantitative estimate of drug-likeness (QED) is 0.309. The molecule has 0 spiro atoms. The molecule has 2 N–H and O–H groups in total. The average Bonchev–Trinajstić information content (AvgIpc) is 3.28. The van der Waals surface area contributed by atoms with Crippen molar-refractivity contribution in [3.63, 3.8) is 0 Å². The normalized spacial score (nSPS) is 16.8. The minimum Gasteiger partial charge on any atom is -0.494 e. The predicted molar refractivity (Wildman–Crippen MR) is 165 cm³/mol. The van der Waals surface area contributed by atoms with Crippen molar-refractivity contribution in [1.29, 1.82) is 0 Å². The fraction of sp³-hybridized carbons (Fsp3) is 0.467. The van der Waals surface area contributed by atoms with Crippen LogP contribution < -0.4 is 4.74 Å². The Morgan fingerprint density at radius 3 is 2.22 bits per heavy atom. The fourth-order valence-corrected chi connectivity index (χ4v) is 6.47. The largest absolute Gasteiger partial charge is 0.494 e. The van der Waals surface area contributed by atoms with Gasteiger partial charge in [0.05, 0.1) is 11.6 Å². The first-order valence-corrected chi connectivity index (χ1v) is 14.9. The first kappa shape index (κ1) is 32.7. The molecule has 0 unspecified atom stereocenters. The third-order valence-electron chi connectivity index (χ3n) is 6.94. The fourth-order valence-electron chi connectivity index (χ4n) is 5.00. The Morgan fingerprint density at radius 2 is 1.61 bits per heavy atom. The molecule has 1 aliphatic rings. The topological polar surface area (TPSA) is 99.5 Å². The van der Waals surface area contributed by atoms with Gasteiger partial charge in [0.15, 0.2) is 0 Å². The zero-order valence-electron chi connectivity index (χ0n) is 24.3. The lowest BCUT2D eigenvalue weighted by molar-refractivity contribution is 0.0144. The number of benzene rings is 2. The van der Waals surface area contributed by atoms with Gasteiger partial charge in [-0.15, -0.1) is 11.3 Å². The number of thiophene rings is 1. The minimum atomic E-state index is -0.538. The third kappa shape index (κ3) is 8.61. The molecular formula is C30H39BClN2O6S. The highest BCUT2D eigenvalue weighted by Crippen LogP contribution is 2.38. The van der Waals surface area contributed by atoms with Crippen LogP contribution in [0.3, 0.4) is 0 Å². The van der Waals surface area contributed by atoms with Gasteiger partial charge in [0, 0.05) is 41.3 Å². The number of hydrogen-bond donors (Lipinski definition) is 2. The average molecular weight is 602 g/mol. The molecule has 1 heterocycles. The van der Waals surface area contributed by atoms with Crippen LogP contribution in [0.15, 0.2) is 48.5 Å². The first-order chi connectivity index (χ1) is 19.5. The van der Waals surface area contributed by atoms with Gasteiger partial charge in [0.1, 0.15) is 16.2 Å². The summed E-state index contributed by atoms with van der Waals surface area (Å²) in [4.78, 5) is 31.0. The number of carbonyl (C=O) groups excluding carboxylic acids is 2. The van der Waals surface area contributed by atoms with Crippen molar-refractivity contribution in [2.75, 3.05) is 13.7 Å². The maximum atomic E-state index is 14.1. The second kappa shape index (κ2) is 14.9. The van der Waals surface area contributed by atoms with Gasteiger partial charge in [-0.3, -0.25) is 4.79 Å². The number of hydrogen-bond acceptors (Lipinski definition) is 7. The van der Waals surface area contributed by atoms with Crippen LogP contribution >= 0.6 is 22.9 Å². The Hall–Kier alpha value is -2.79. The van der Waals surface area contributed by atoms with Gasteiger partial charge in [-0.1, -0.05) is 48.0 Å². The summed E-state index contributed by atoms with van der Waals surface area (Å²) in [5.74, 6) is 0.722. The standard InChI is InChI=1S/C30H37ClN2O4S.BH2O2/c1-6-36-24-13-9-7-11-20(24)19-33(28(34)27-26(31)23-12-8-10-14-25(23)38-27)22-17-15-21(16-18-22)32(5)29(35)37-30(2,3)4;2-1-3/h7-14,21-22H,6,15-19H2,1-5H3;2-3H. The predicted octanol–water partition coefficient (Wildman–Crippen LogP) is 6.28. The Labute approximate surface area is 252 Å². The van der Waals surface area contributed by atoms with Crippen LogP contribution in [0.1, 0.15) is 68.6 Å². The highest BCUT2D eigenvalue weighted by atomic mass is 35.5. The zero-order chi connectivity index (χ0) is 30.2. The van der Waals surface area contributed by atoms with Gasteiger partial charge in [-0.05, 0) is 65.5 Å². The van der Waals surface area contributed by atoms with Crippen molar-refractivity contribution >= 4 is 52.7 Å². The molecular weight excluding hydrogens is 563 g/mol. The highest BCUT2D eigenvalue weighted by Gasteiger charge is 2.35. The van der Waals surface area contributed by atoms with Gasteiger partial charge in [0.2, 0.25) is 0 Å². The van der Waals surface area contributed by atoms with Gasteiger partial charge in [0.25, 0.3) is 5.91 Å². The van der Waals surface area contributed by atoms with Crippen molar-refractivity contribution in [2.24, 2.45) is 0 Å². The van der Waals surface area contributed by atoms with Crippen LogP contribution in [0.5, 0.6) is 5.75 Å². The molecule has 1 saturated carbocycles. The summed E-state index contributed by atoms with van der Waals surface area (Å²) in [6.45, 7) is 8.56. The molecule has 1 aliphatic carbocycles. The zero-order valence-corrected chi connectivity index (χ0v) is 25.9. The Balaban J connectivity index is 0.00000147. The molecule has 0 saturated heterocycles. The van der Waals surface area contributed by atoms with Gasteiger partial charge >= 0.3 is 13.8 Å². The molecule has 0 atom stereocenters. The van der Waals surface area contributed by atoms with E-state index in [0.29, 0.717) is 23.1 Å². The minimum absolute atomic E-state index is 0. The molecule has 221 valence electrons. The smallest absolute Gasteiger partial charge is 0.482 e. The molecule has 2 amide bonds. The molecule has 4 rings (SSSR count). The molecule has 0 bridgehead atoms. The molecule has 1 radical (unpaired) electrons. The summed E-state index contributed by atoms with van der Waals surface area (Å²) in [6.07, 6.45) is 2.83. The highest BCUT2D eigenvalue weighted by molar-refractivity contribution is 7.21. The van der Waals surface area contributed by atoms with Crippen LogP contribution in [0, 0.1) is 0 Å². The van der Waals surface area contributed by atoms with E-state index >= 15 is 0 Å². The SMILES string of the molecule is CCOc1ccccc1CN(C(=O)c1sc2ccccc2c1Cl)C1CCC(N(C)C(=O)OC(C)(C)C)CC1.O[B]O. The van der Waals surface area contributed by atoms with Gasteiger partial charge in [-0.25, -0.2) is 4.79 Å².